The highest BCUT2D eigenvalue weighted by Crippen LogP contribution is 2.16. The molecular formula is C13H18BrClN2O. The van der Waals surface area contributed by atoms with E-state index in [0.717, 1.165) is 42.6 Å². The van der Waals surface area contributed by atoms with E-state index in [9.17, 15) is 0 Å². The topological polar surface area (TPSA) is 25.4 Å². The van der Waals surface area contributed by atoms with Gasteiger partial charge in [-0.25, -0.2) is 0 Å². The lowest BCUT2D eigenvalue weighted by molar-refractivity contribution is 0.0132. The molecule has 2 rings (SSSR count). The summed E-state index contributed by atoms with van der Waals surface area (Å²) in [5.74, 6) is 0.586. The fourth-order valence-corrected chi connectivity index (χ4v) is 2.50. The third-order valence-corrected chi connectivity index (χ3v) is 3.76. The number of hydrogen-bond acceptors (Lipinski definition) is 3. The number of nitrogens with zero attached hydrogens (tertiary/aromatic N) is 2. The molecule has 100 valence electrons. The van der Waals surface area contributed by atoms with Gasteiger partial charge in [0.25, 0.3) is 0 Å². The summed E-state index contributed by atoms with van der Waals surface area (Å²) in [7, 11) is 0. The minimum absolute atomic E-state index is 0.387. The molecule has 0 aromatic carbocycles. The van der Waals surface area contributed by atoms with E-state index < -0.39 is 0 Å². The molecule has 5 heteroatoms. The Labute approximate surface area is 122 Å². The van der Waals surface area contributed by atoms with E-state index in [2.05, 4.69) is 31.9 Å². The highest BCUT2D eigenvalue weighted by molar-refractivity contribution is 9.10. The molecule has 0 spiro atoms. The molecule has 0 amide bonds. The number of likely N-dealkylation sites (tertiary alicyclic amines) is 1. The second kappa shape index (κ2) is 7.43. The average Bonchev–Trinajstić information content (AvgIpc) is 2.41. The molecule has 0 N–H and O–H groups in total. The van der Waals surface area contributed by atoms with Crippen molar-refractivity contribution < 1.29 is 4.74 Å². The maximum Gasteiger partial charge on any atom is 0.0605 e. The molecule has 1 saturated heterocycles. The maximum absolute atomic E-state index is 5.67. The summed E-state index contributed by atoms with van der Waals surface area (Å²) in [6.45, 7) is 3.74. The molecule has 2 heterocycles. The number of rotatable bonds is 5. The number of piperidine rings is 1. The fraction of sp³-hybridized carbons (Fsp3) is 0.615. The normalized spacial score (nSPS) is 18.1. The first-order valence-corrected chi connectivity index (χ1v) is 7.61. The van der Waals surface area contributed by atoms with Crippen molar-refractivity contribution in [3.05, 3.63) is 28.5 Å². The van der Waals surface area contributed by atoms with E-state index in [0.29, 0.717) is 18.6 Å². The van der Waals surface area contributed by atoms with Gasteiger partial charge in [-0.1, -0.05) is 0 Å². The van der Waals surface area contributed by atoms with Gasteiger partial charge in [-0.3, -0.25) is 9.88 Å². The Morgan fingerprint density at radius 2 is 2.17 bits per heavy atom. The van der Waals surface area contributed by atoms with Crippen LogP contribution in [0.2, 0.25) is 0 Å². The van der Waals surface area contributed by atoms with Crippen molar-refractivity contribution >= 4 is 27.5 Å². The fourth-order valence-electron chi connectivity index (χ4n) is 2.17. The molecule has 0 atom stereocenters. The monoisotopic (exact) mass is 332 g/mol. The molecule has 0 saturated carbocycles. The van der Waals surface area contributed by atoms with Crippen LogP contribution in [0.25, 0.3) is 0 Å². The third kappa shape index (κ3) is 4.50. The average molecular weight is 334 g/mol. The van der Waals surface area contributed by atoms with Gasteiger partial charge in [-0.05, 0) is 40.9 Å². The molecule has 1 aliphatic heterocycles. The first-order chi connectivity index (χ1) is 8.78. The van der Waals surface area contributed by atoms with Crippen LogP contribution in [0.15, 0.2) is 22.8 Å². The van der Waals surface area contributed by atoms with E-state index in [-0.39, 0.29) is 0 Å². The Morgan fingerprint density at radius 3 is 2.78 bits per heavy atom. The summed E-state index contributed by atoms with van der Waals surface area (Å²) in [6, 6.07) is 4.11. The standard InChI is InChI=1S/C13H18BrClN2O/c14-11-1-2-12(16-9-11)10-17-6-3-13(4-7-17)18-8-5-15/h1-2,9,13H,3-8,10H2. The first kappa shape index (κ1) is 14.3. The van der Waals surface area contributed by atoms with Crippen LogP contribution in [0.5, 0.6) is 0 Å². The van der Waals surface area contributed by atoms with Gasteiger partial charge in [0, 0.05) is 36.2 Å². The molecule has 0 unspecified atom stereocenters. The first-order valence-electron chi connectivity index (χ1n) is 6.28. The summed E-state index contributed by atoms with van der Waals surface area (Å²) >= 11 is 9.02. The van der Waals surface area contributed by atoms with Gasteiger partial charge in [0.05, 0.1) is 18.4 Å². The van der Waals surface area contributed by atoms with Gasteiger partial charge in [0.2, 0.25) is 0 Å². The summed E-state index contributed by atoms with van der Waals surface area (Å²) in [4.78, 5) is 6.83. The number of hydrogen-bond donors (Lipinski definition) is 0. The smallest absolute Gasteiger partial charge is 0.0605 e. The number of aromatic nitrogens is 1. The highest BCUT2D eigenvalue weighted by Gasteiger charge is 2.19. The van der Waals surface area contributed by atoms with Crippen molar-refractivity contribution in [1.29, 1.82) is 0 Å². The highest BCUT2D eigenvalue weighted by atomic mass is 79.9. The summed E-state index contributed by atoms with van der Waals surface area (Å²) in [5.41, 5.74) is 1.12. The number of alkyl halides is 1. The van der Waals surface area contributed by atoms with Crippen molar-refractivity contribution in [2.45, 2.75) is 25.5 Å². The van der Waals surface area contributed by atoms with E-state index in [4.69, 9.17) is 16.3 Å². The van der Waals surface area contributed by atoms with Crippen molar-refractivity contribution in [2.24, 2.45) is 0 Å². The molecule has 3 nitrogen and oxygen atoms in total. The molecule has 1 aromatic heterocycles. The van der Waals surface area contributed by atoms with Crippen LogP contribution < -0.4 is 0 Å². The van der Waals surface area contributed by atoms with Crippen LogP contribution in [0.4, 0.5) is 0 Å². The van der Waals surface area contributed by atoms with Crippen LogP contribution >= 0.6 is 27.5 Å². The second-order valence-corrected chi connectivity index (χ2v) is 5.80. The molecule has 0 radical (unpaired) electrons. The Hall–Kier alpha value is -0.160. The predicted octanol–water partition coefficient (Wildman–Crippen LogP) is 3.06. The van der Waals surface area contributed by atoms with E-state index in [1.807, 2.05) is 12.3 Å². The Kier molecular flexibility index (Phi) is 5.89. The molecule has 18 heavy (non-hydrogen) atoms. The third-order valence-electron chi connectivity index (χ3n) is 3.14. The van der Waals surface area contributed by atoms with E-state index in [1.165, 1.54) is 0 Å². The van der Waals surface area contributed by atoms with Crippen LogP contribution in [-0.4, -0.2) is 41.6 Å². The maximum atomic E-state index is 5.67. The molecule has 1 aliphatic rings. The van der Waals surface area contributed by atoms with Crippen LogP contribution in [0.1, 0.15) is 18.5 Å². The van der Waals surface area contributed by atoms with Crippen LogP contribution in [0.3, 0.4) is 0 Å². The lowest BCUT2D eigenvalue weighted by atomic mass is 10.1. The van der Waals surface area contributed by atoms with Gasteiger partial charge in [0.15, 0.2) is 0 Å². The lowest BCUT2D eigenvalue weighted by Crippen LogP contribution is -2.37. The van der Waals surface area contributed by atoms with Gasteiger partial charge in [0.1, 0.15) is 0 Å². The number of halogens is 2. The molecule has 1 aromatic rings. The lowest BCUT2D eigenvalue weighted by Gasteiger charge is -2.31. The SMILES string of the molecule is ClCCOC1CCN(Cc2ccc(Br)cn2)CC1. The Bertz CT molecular complexity index is 353. The summed E-state index contributed by atoms with van der Waals surface area (Å²) in [6.07, 6.45) is 4.42. The van der Waals surface area contributed by atoms with Gasteiger partial charge in [-0.15, -0.1) is 11.6 Å². The zero-order valence-electron chi connectivity index (χ0n) is 10.3. The number of pyridine rings is 1. The Balaban J connectivity index is 1.74. The zero-order valence-corrected chi connectivity index (χ0v) is 12.7. The van der Waals surface area contributed by atoms with Crippen LogP contribution in [0, 0.1) is 0 Å². The van der Waals surface area contributed by atoms with Gasteiger partial charge in [-0.2, -0.15) is 0 Å². The van der Waals surface area contributed by atoms with E-state index >= 15 is 0 Å². The second-order valence-electron chi connectivity index (χ2n) is 4.50. The largest absolute Gasteiger partial charge is 0.377 e. The van der Waals surface area contributed by atoms with Crippen molar-refractivity contribution in [1.82, 2.24) is 9.88 Å². The quantitative estimate of drug-likeness (QED) is 0.774. The summed E-state index contributed by atoms with van der Waals surface area (Å²) in [5, 5.41) is 0. The van der Waals surface area contributed by atoms with Crippen LogP contribution in [-0.2, 0) is 11.3 Å². The minimum atomic E-state index is 0.387. The number of ether oxygens (including phenoxy) is 1. The van der Waals surface area contributed by atoms with Crippen molar-refractivity contribution in [3.8, 4) is 0 Å². The van der Waals surface area contributed by atoms with Gasteiger partial charge >= 0.3 is 0 Å². The van der Waals surface area contributed by atoms with E-state index in [1.54, 1.807) is 0 Å². The molecule has 1 fully saturated rings. The molecule has 0 aliphatic carbocycles. The predicted molar refractivity (Wildman–Crippen MR) is 76.9 cm³/mol. The summed E-state index contributed by atoms with van der Waals surface area (Å²) < 4.78 is 6.69. The molecule has 0 bridgehead atoms. The molecular weight excluding hydrogens is 316 g/mol. The van der Waals surface area contributed by atoms with Gasteiger partial charge < -0.3 is 4.74 Å². The zero-order chi connectivity index (χ0) is 12.8. The minimum Gasteiger partial charge on any atom is -0.377 e. The van der Waals surface area contributed by atoms with Crippen molar-refractivity contribution in [3.63, 3.8) is 0 Å². The van der Waals surface area contributed by atoms with Crippen molar-refractivity contribution in [2.75, 3.05) is 25.6 Å². The Morgan fingerprint density at radius 1 is 1.39 bits per heavy atom.